The maximum absolute atomic E-state index is 5.91. The lowest BCUT2D eigenvalue weighted by molar-refractivity contribution is 0.0708. The Balaban J connectivity index is 2.04. The summed E-state index contributed by atoms with van der Waals surface area (Å²) in [7, 11) is -2.58. The van der Waals surface area contributed by atoms with Crippen LogP contribution in [0, 0.1) is 0 Å². The van der Waals surface area contributed by atoms with Gasteiger partial charge in [0.05, 0.1) is 17.7 Å². The molecule has 0 radical (unpaired) electrons. The third kappa shape index (κ3) is 4.97. The van der Waals surface area contributed by atoms with Crippen LogP contribution >= 0.6 is 0 Å². The van der Waals surface area contributed by atoms with E-state index in [9.17, 15) is 0 Å². The molecule has 2 aromatic heterocycles. The van der Waals surface area contributed by atoms with Gasteiger partial charge < -0.3 is 17.8 Å². The highest BCUT2D eigenvalue weighted by molar-refractivity contribution is 6.60. The highest BCUT2D eigenvalue weighted by Gasteiger charge is 2.39. The standard InChI is InChI=1S/C17H27N3O3Si/c1-4-21-24(22-5-2,23-6-3)14-8-9-16-17(10-7-11-19-16)20-13-12-18-15-20/h7,10-13,15H,4-6,8-9,14H2,1-3H3. The molecule has 0 saturated heterocycles. The van der Waals surface area contributed by atoms with Crippen molar-refractivity contribution in [3.63, 3.8) is 0 Å². The number of hydrogen-bond acceptors (Lipinski definition) is 5. The maximum atomic E-state index is 5.91. The van der Waals surface area contributed by atoms with E-state index in [1.807, 2.05) is 43.8 Å². The van der Waals surface area contributed by atoms with Crippen LogP contribution in [0.1, 0.15) is 32.9 Å². The molecule has 6 nitrogen and oxygen atoms in total. The van der Waals surface area contributed by atoms with Crippen molar-refractivity contribution < 1.29 is 13.3 Å². The molecule has 0 aliphatic heterocycles. The molecule has 0 aliphatic rings. The van der Waals surface area contributed by atoms with Crippen LogP contribution in [0.2, 0.25) is 6.04 Å². The zero-order valence-electron chi connectivity index (χ0n) is 14.8. The Morgan fingerprint density at radius 3 is 2.33 bits per heavy atom. The van der Waals surface area contributed by atoms with E-state index in [1.165, 1.54) is 0 Å². The molecule has 0 amide bonds. The Hall–Kier alpha value is -1.54. The van der Waals surface area contributed by atoms with E-state index in [1.54, 1.807) is 12.5 Å². The zero-order valence-corrected chi connectivity index (χ0v) is 15.8. The molecule has 24 heavy (non-hydrogen) atoms. The Kier molecular flexibility index (Phi) is 7.58. The first-order valence-corrected chi connectivity index (χ1v) is 10.5. The lowest BCUT2D eigenvalue weighted by Crippen LogP contribution is -2.46. The fourth-order valence-electron chi connectivity index (χ4n) is 2.73. The fraction of sp³-hybridized carbons (Fsp3) is 0.529. The first-order valence-electron chi connectivity index (χ1n) is 8.58. The summed E-state index contributed by atoms with van der Waals surface area (Å²) < 4.78 is 19.7. The minimum atomic E-state index is -2.58. The molecule has 7 heteroatoms. The van der Waals surface area contributed by atoms with Crippen molar-refractivity contribution in [2.75, 3.05) is 19.8 Å². The zero-order chi connectivity index (χ0) is 17.3. The Morgan fingerprint density at radius 2 is 1.75 bits per heavy atom. The predicted octanol–water partition coefficient (Wildman–Crippen LogP) is 3.25. The summed E-state index contributed by atoms with van der Waals surface area (Å²) in [6, 6.07) is 4.79. The first kappa shape index (κ1) is 18.8. The van der Waals surface area contributed by atoms with E-state index >= 15 is 0 Å². The lowest BCUT2D eigenvalue weighted by Gasteiger charge is -2.28. The highest BCUT2D eigenvalue weighted by atomic mass is 28.4. The number of nitrogens with zero attached hydrogens (tertiary/aromatic N) is 3. The van der Waals surface area contributed by atoms with Crippen molar-refractivity contribution in [1.29, 1.82) is 0 Å². The smallest absolute Gasteiger partial charge is 0.374 e. The van der Waals surface area contributed by atoms with Gasteiger partial charge in [-0.05, 0) is 45.7 Å². The van der Waals surface area contributed by atoms with Gasteiger partial charge in [0.15, 0.2) is 0 Å². The molecule has 132 valence electrons. The number of pyridine rings is 1. The minimum absolute atomic E-state index is 0.607. The number of hydrogen-bond donors (Lipinski definition) is 0. The van der Waals surface area contributed by atoms with Gasteiger partial charge in [0.2, 0.25) is 0 Å². The summed E-state index contributed by atoms with van der Waals surface area (Å²) in [4.78, 5) is 8.65. The van der Waals surface area contributed by atoms with Gasteiger partial charge >= 0.3 is 8.80 Å². The molecule has 2 rings (SSSR count). The van der Waals surface area contributed by atoms with Crippen LogP contribution in [0.5, 0.6) is 0 Å². The van der Waals surface area contributed by atoms with Crippen LogP contribution in [0.3, 0.4) is 0 Å². The molecule has 0 fully saturated rings. The van der Waals surface area contributed by atoms with Crippen LogP contribution in [0.15, 0.2) is 37.1 Å². The van der Waals surface area contributed by atoms with E-state index in [0.29, 0.717) is 19.8 Å². The van der Waals surface area contributed by atoms with Crippen LogP contribution in [-0.2, 0) is 19.7 Å². The Bertz CT molecular complexity index is 576. The van der Waals surface area contributed by atoms with Gasteiger partial charge in [0, 0.05) is 44.5 Å². The number of aromatic nitrogens is 3. The second-order valence-corrected chi connectivity index (χ2v) is 8.01. The van der Waals surface area contributed by atoms with Crippen LogP contribution in [-0.4, -0.2) is 43.2 Å². The number of rotatable bonds is 11. The van der Waals surface area contributed by atoms with Gasteiger partial charge in [-0.25, -0.2) is 4.98 Å². The third-order valence-corrected chi connectivity index (χ3v) is 6.79. The molecule has 0 aromatic carbocycles. The van der Waals surface area contributed by atoms with Gasteiger partial charge in [-0.3, -0.25) is 4.98 Å². The summed E-state index contributed by atoms with van der Waals surface area (Å²) >= 11 is 0. The topological polar surface area (TPSA) is 58.4 Å². The monoisotopic (exact) mass is 349 g/mol. The first-order chi connectivity index (χ1) is 11.7. The summed E-state index contributed by atoms with van der Waals surface area (Å²) in [6.07, 6.45) is 9.07. The number of imidazole rings is 1. The Morgan fingerprint density at radius 1 is 1.04 bits per heavy atom. The minimum Gasteiger partial charge on any atom is -0.374 e. The lowest BCUT2D eigenvalue weighted by atomic mass is 10.2. The van der Waals surface area contributed by atoms with Gasteiger partial charge in [-0.2, -0.15) is 0 Å². The van der Waals surface area contributed by atoms with E-state index in [4.69, 9.17) is 13.3 Å². The summed E-state index contributed by atoms with van der Waals surface area (Å²) in [5, 5.41) is 0. The molecular formula is C17H27N3O3Si. The van der Waals surface area contributed by atoms with Gasteiger partial charge in [0.1, 0.15) is 0 Å². The third-order valence-electron chi connectivity index (χ3n) is 3.64. The summed E-state index contributed by atoms with van der Waals surface area (Å²) in [6.45, 7) is 7.77. The van der Waals surface area contributed by atoms with Gasteiger partial charge in [0.25, 0.3) is 0 Å². The second kappa shape index (κ2) is 9.68. The number of aryl methyl sites for hydroxylation is 1. The van der Waals surface area contributed by atoms with Crippen molar-refractivity contribution >= 4 is 8.80 Å². The summed E-state index contributed by atoms with van der Waals surface area (Å²) in [5.74, 6) is 0. The highest BCUT2D eigenvalue weighted by Crippen LogP contribution is 2.21. The molecule has 0 atom stereocenters. The molecular weight excluding hydrogens is 322 g/mol. The SMILES string of the molecule is CCO[Si](CCCc1ncccc1-n1ccnc1)(OCC)OCC. The van der Waals surface area contributed by atoms with E-state index in [-0.39, 0.29) is 0 Å². The van der Waals surface area contributed by atoms with Crippen LogP contribution in [0.25, 0.3) is 5.69 Å². The van der Waals surface area contributed by atoms with E-state index in [2.05, 4.69) is 16.0 Å². The molecule has 0 bridgehead atoms. The van der Waals surface area contributed by atoms with E-state index < -0.39 is 8.80 Å². The molecule has 0 saturated carbocycles. The molecule has 2 aromatic rings. The maximum Gasteiger partial charge on any atom is 0.500 e. The molecule has 0 aliphatic carbocycles. The van der Waals surface area contributed by atoms with Gasteiger partial charge in [-0.1, -0.05) is 0 Å². The predicted molar refractivity (Wildman–Crippen MR) is 95.1 cm³/mol. The normalized spacial score (nSPS) is 11.8. The van der Waals surface area contributed by atoms with Gasteiger partial charge in [-0.15, -0.1) is 0 Å². The van der Waals surface area contributed by atoms with Crippen molar-refractivity contribution in [2.45, 2.75) is 39.7 Å². The Labute approximate surface area is 145 Å². The van der Waals surface area contributed by atoms with Crippen LogP contribution in [0.4, 0.5) is 0 Å². The van der Waals surface area contributed by atoms with Crippen LogP contribution < -0.4 is 0 Å². The fourth-order valence-corrected chi connectivity index (χ4v) is 5.34. The largest absolute Gasteiger partial charge is 0.500 e. The van der Waals surface area contributed by atoms with Crippen molar-refractivity contribution in [1.82, 2.24) is 14.5 Å². The molecule has 2 heterocycles. The molecule has 0 spiro atoms. The quantitative estimate of drug-likeness (QED) is 0.583. The molecule has 0 unspecified atom stereocenters. The van der Waals surface area contributed by atoms with Crippen molar-refractivity contribution in [3.05, 3.63) is 42.7 Å². The van der Waals surface area contributed by atoms with E-state index in [0.717, 1.165) is 30.3 Å². The molecule has 0 N–H and O–H groups in total. The average Bonchev–Trinajstić information content (AvgIpc) is 3.10. The average molecular weight is 350 g/mol. The van der Waals surface area contributed by atoms with Crippen molar-refractivity contribution in [2.24, 2.45) is 0 Å². The summed E-state index contributed by atoms with van der Waals surface area (Å²) in [5.41, 5.74) is 2.11. The second-order valence-electron chi connectivity index (χ2n) is 5.27. The van der Waals surface area contributed by atoms with Crippen molar-refractivity contribution in [3.8, 4) is 5.69 Å².